The van der Waals surface area contributed by atoms with Gasteiger partial charge in [-0.15, -0.1) is 0 Å². The normalized spacial score (nSPS) is 12.9. The Morgan fingerprint density at radius 2 is 2.08 bits per heavy atom. The number of furan rings is 1. The van der Waals surface area contributed by atoms with Crippen LogP contribution in [0, 0.1) is 0 Å². The number of carbonyl (C=O) groups is 1. The van der Waals surface area contributed by atoms with E-state index in [0.717, 1.165) is 29.7 Å². The highest BCUT2D eigenvalue weighted by atomic mass is 16.3. The fourth-order valence-electron chi connectivity index (χ4n) is 2.18. The van der Waals surface area contributed by atoms with Gasteiger partial charge in [-0.05, 0) is 25.5 Å². The molecule has 1 amide bonds. The van der Waals surface area contributed by atoms with Crippen molar-refractivity contribution in [1.82, 2.24) is 15.5 Å². The molecule has 2 aromatic rings. The standard InChI is InChI=1S/C18H26N4O2/c1-5-10-19-18(20-12-17(23)22(3)4)21-13(2)16-11-14-8-6-7-9-15(14)24-16/h6-9,11,13H,5,10,12H2,1-4H3,(H2,19,20,21). The minimum atomic E-state index is -0.0602. The molecule has 0 saturated carbocycles. The zero-order chi connectivity index (χ0) is 17.5. The average molecular weight is 330 g/mol. The van der Waals surface area contributed by atoms with Crippen LogP contribution in [0.4, 0.5) is 0 Å². The van der Waals surface area contributed by atoms with E-state index in [1.807, 2.05) is 37.3 Å². The van der Waals surface area contributed by atoms with Gasteiger partial charge in [0, 0.05) is 26.0 Å². The lowest BCUT2D eigenvalue weighted by atomic mass is 10.2. The summed E-state index contributed by atoms with van der Waals surface area (Å²) in [5.74, 6) is 1.41. The maximum atomic E-state index is 11.7. The second kappa shape index (κ2) is 8.38. The third-order valence-electron chi connectivity index (χ3n) is 3.64. The number of aliphatic imine (C=N–C) groups is 1. The molecule has 1 aromatic carbocycles. The quantitative estimate of drug-likeness (QED) is 0.631. The van der Waals surface area contributed by atoms with Crippen LogP contribution in [0.25, 0.3) is 11.0 Å². The van der Waals surface area contributed by atoms with E-state index in [1.165, 1.54) is 4.90 Å². The summed E-state index contributed by atoms with van der Waals surface area (Å²) in [5.41, 5.74) is 0.865. The summed E-state index contributed by atoms with van der Waals surface area (Å²) in [5, 5.41) is 7.60. The average Bonchev–Trinajstić information content (AvgIpc) is 3.00. The number of guanidine groups is 1. The monoisotopic (exact) mass is 330 g/mol. The highest BCUT2D eigenvalue weighted by Gasteiger charge is 2.13. The van der Waals surface area contributed by atoms with Gasteiger partial charge in [-0.2, -0.15) is 0 Å². The van der Waals surface area contributed by atoms with Crippen LogP contribution in [-0.4, -0.2) is 44.0 Å². The van der Waals surface area contributed by atoms with Crippen LogP contribution in [0.5, 0.6) is 0 Å². The van der Waals surface area contributed by atoms with Crippen molar-refractivity contribution in [3.63, 3.8) is 0 Å². The van der Waals surface area contributed by atoms with Crippen molar-refractivity contribution in [2.75, 3.05) is 27.2 Å². The van der Waals surface area contributed by atoms with Gasteiger partial charge in [-0.3, -0.25) is 4.79 Å². The molecule has 0 aliphatic heterocycles. The summed E-state index contributed by atoms with van der Waals surface area (Å²) in [6.45, 7) is 4.99. The van der Waals surface area contributed by atoms with Crippen LogP contribution in [0.1, 0.15) is 32.1 Å². The molecule has 6 heteroatoms. The maximum absolute atomic E-state index is 11.7. The lowest BCUT2D eigenvalue weighted by Gasteiger charge is -2.17. The van der Waals surface area contributed by atoms with Crippen molar-refractivity contribution >= 4 is 22.8 Å². The number of nitrogens with one attached hydrogen (secondary N) is 2. The first-order valence-corrected chi connectivity index (χ1v) is 8.24. The van der Waals surface area contributed by atoms with Crippen molar-refractivity contribution in [2.24, 2.45) is 4.99 Å². The SMILES string of the molecule is CCCNC(=NCC(=O)N(C)C)NC(C)c1cc2ccccc2o1. The fraction of sp³-hybridized carbons (Fsp3) is 0.444. The molecular weight excluding hydrogens is 304 g/mol. The molecule has 6 nitrogen and oxygen atoms in total. The van der Waals surface area contributed by atoms with Crippen molar-refractivity contribution in [3.05, 3.63) is 36.1 Å². The Morgan fingerprint density at radius 3 is 2.75 bits per heavy atom. The predicted molar refractivity (Wildman–Crippen MR) is 97.1 cm³/mol. The lowest BCUT2D eigenvalue weighted by Crippen LogP contribution is -2.40. The summed E-state index contributed by atoms with van der Waals surface area (Å²) in [6, 6.07) is 9.88. The van der Waals surface area contributed by atoms with Gasteiger partial charge in [0.2, 0.25) is 5.91 Å². The lowest BCUT2D eigenvalue weighted by molar-refractivity contribution is -0.127. The molecule has 130 valence electrons. The molecule has 1 heterocycles. The minimum absolute atomic E-state index is 0.0380. The van der Waals surface area contributed by atoms with Gasteiger partial charge < -0.3 is 20.0 Å². The molecule has 2 rings (SSSR count). The smallest absolute Gasteiger partial charge is 0.243 e. The number of fused-ring (bicyclic) bond motifs is 1. The number of benzene rings is 1. The molecule has 0 bridgehead atoms. The maximum Gasteiger partial charge on any atom is 0.243 e. The Kier molecular flexibility index (Phi) is 6.23. The van der Waals surface area contributed by atoms with Crippen molar-refractivity contribution in [3.8, 4) is 0 Å². The number of amides is 1. The third kappa shape index (κ3) is 4.75. The Labute approximate surface area is 142 Å². The second-order valence-electron chi connectivity index (χ2n) is 5.93. The van der Waals surface area contributed by atoms with E-state index < -0.39 is 0 Å². The number of nitrogens with zero attached hydrogens (tertiary/aromatic N) is 2. The number of hydrogen-bond acceptors (Lipinski definition) is 3. The Hall–Kier alpha value is -2.50. The summed E-state index contributed by atoms with van der Waals surface area (Å²) in [4.78, 5) is 17.6. The van der Waals surface area contributed by atoms with Crippen LogP contribution < -0.4 is 10.6 Å². The van der Waals surface area contributed by atoms with Gasteiger partial charge in [-0.25, -0.2) is 4.99 Å². The first-order valence-electron chi connectivity index (χ1n) is 8.24. The molecule has 2 N–H and O–H groups in total. The minimum Gasteiger partial charge on any atom is -0.459 e. The van der Waals surface area contributed by atoms with E-state index in [9.17, 15) is 4.79 Å². The molecule has 0 spiro atoms. The molecule has 1 unspecified atom stereocenters. The van der Waals surface area contributed by atoms with Crippen LogP contribution in [0.3, 0.4) is 0 Å². The van der Waals surface area contributed by atoms with Gasteiger partial charge >= 0.3 is 0 Å². The van der Waals surface area contributed by atoms with E-state index in [1.54, 1.807) is 14.1 Å². The van der Waals surface area contributed by atoms with E-state index in [4.69, 9.17) is 4.42 Å². The molecule has 0 radical (unpaired) electrons. The number of hydrogen-bond donors (Lipinski definition) is 2. The van der Waals surface area contributed by atoms with Gasteiger partial charge in [0.15, 0.2) is 5.96 Å². The first kappa shape index (κ1) is 17.8. The molecule has 1 atom stereocenters. The van der Waals surface area contributed by atoms with Gasteiger partial charge in [-0.1, -0.05) is 25.1 Å². The molecule has 0 aliphatic carbocycles. The summed E-state index contributed by atoms with van der Waals surface area (Å²) >= 11 is 0. The summed E-state index contributed by atoms with van der Waals surface area (Å²) in [6.07, 6.45) is 0.974. The Morgan fingerprint density at radius 1 is 1.33 bits per heavy atom. The van der Waals surface area contributed by atoms with Crippen LogP contribution in [0.2, 0.25) is 0 Å². The number of para-hydroxylation sites is 1. The highest BCUT2D eigenvalue weighted by molar-refractivity contribution is 5.85. The third-order valence-corrected chi connectivity index (χ3v) is 3.64. The zero-order valence-electron chi connectivity index (χ0n) is 14.8. The van der Waals surface area contributed by atoms with E-state index in [-0.39, 0.29) is 18.5 Å². The van der Waals surface area contributed by atoms with Gasteiger partial charge in [0.05, 0.1) is 6.04 Å². The molecule has 1 aromatic heterocycles. The summed E-state index contributed by atoms with van der Waals surface area (Å²) < 4.78 is 5.88. The zero-order valence-corrected chi connectivity index (χ0v) is 14.8. The predicted octanol–water partition coefficient (Wildman–Crippen LogP) is 2.53. The Balaban J connectivity index is 2.09. The molecule has 24 heavy (non-hydrogen) atoms. The second-order valence-corrected chi connectivity index (χ2v) is 5.93. The highest BCUT2D eigenvalue weighted by Crippen LogP contribution is 2.23. The number of rotatable bonds is 6. The molecular formula is C18H26N4O2. The molecule has 0 aliphatic rings. The number of likely N-dealkylation sites (N-methyl/N-ethyl adjacent to an activating group) is 1. The van der Waals surface area contributed by atoms with E-state index in [0.29, 0.717) is 5.96 Å². The van der Waals surface area contributed by atoms with Crippen molar-refractivity contribution < 1.29 is 9.21 Å². The van der Waals surface area contributed by atoms with Crippen molar-refractivity contribution in [1.29, 1.82) is 0 Å². The first-order chi connectivity index (χ1) is 11.5. The topological polar surface area (TPSA) is 69.9 Å². The van der Waals surface area contributed by atoms with Gasteiger partial charge in [0.25, 0.3) is 0 Å². The molecule has 0 saturated heterocycles. The molecule has 0 fully saturated rings. The fourth-order valence-corrected chi connectivity index (χ4v) is 2.18. The van der Waals surface area contributed by atoms with Crippen LogP contribution in [-0.2, 0) is 4.79 Å². The van der Waals surface area contributed by atoms with E-state index >= 15 is 0 Å². The number of carbonyl (C=O) groups excluding carboxylic acids is 1. The Bertz CT molecular complexity index is 673. The van der Waals surface area contributed by atoms with Crippen molar-refractivity contribution in [2.45, 2.75) is 26.3 Å². The van der Waals surface area contributed by atoms with E-state index in [2.05, 4.69) is 22.5 Å². The van der Waals surface area contributed by atoms with Crippen LogP contribution >= 0.6 is 0 Å². The van der Waals surface area contributed by atoms with Crippen LogP contribution in [0.15, 0.2) is 39.7 Å². The summed E-state index contributed by atoms with van der Waals surface area (Å²) in [7, 11) is 3.45. The largest absolute Gasteiger partial charge is 0.459 e. The van der Waals surface area contributed by atoms with Gasteiger partial charge in [0.1, 0.15) is 17.9 Å².